The van der Waals surface area contributed by atoms with Crippen LogP contribution < -0.4 is 0 Å². The van der Waals surface area contributed by atoms with E-state index in [1.165, 1.54) is 18.2 Å². The lowest BCUT2D eigenvalue weighted by Gasteiger charge is -2.30. The Hall–Kier alpha value is -2.15. The lowest BCUT2D eigenvalue weighted by Crippen LogP contribution is -2.40. The molecule has 1 atom stereocenters. The summed E-state index contributed by atoms with van der Waals surface area (Å²) >= 11 is 1.38. The van der Waals surface area contributed by atoms with E-state index in [1.807, 2.05) is 23.1 Å². The highest BCUT2D eigenvalue weighted by Crippen LogP contribution is 2.27. The standard InChI is InChI=1S/C19H23N5OS/c1-3-24-15-9-5-4-8-14(15)17-18(24)20-19(22-21-17)26-12-16(25)23-10-6-7-13(2)11-23/h4-5,8-9,13H,3,6-7,10-12H2,1-2H3/t13-/m1/s1. The van der Waals surface area contributed by atoms with Gasteiger partial charge in [0.1, 0.15) is 5.52 Å². The molecule has 6 nitrogen and oxygen atoms in total. The molecular weight excluding hydrogens is 346 g/mol. The van der Waals surface area contributed by atoms with Crippen molar-refractivity contribution >= 4 is 39.7 Å². The van der Waals surface area contributed by atoms with E-state index in [9.17, 15) is 4.79 Å². The van der Waals surface area contributed by atoms with Crippen molar-refractivity contribution in [3.8, 4) is 0 Å². The molecule has 4 rings (SSSR count). The molecule has 3 aromatic rings. The quantitative estimate of drug-likeness (QED) is 0.660. The Balaban J connectivity index is 1.56. The number of thioether (sulfide) groups is 1. The Morgan fingerprint density at radius 2 is 2.15 bits per heavy atom. The molecule has 0 N–H and O–H groups in total. The minimum absolute atomic E-state index is 0.168. The van der Waals surface area contributed by atoms with Crippen LogP contribution in [-0.4, -0.2) is 49.4 Å². The van der Waals surface area contributed by atoms with Crippen LogP contribution in [0.3, 0.4) is 0 Å². The highest BCUT2D eigenvalue weighted by Gasteiger charge is 2.21. The summed E-state index contributed by atoms with van der Waals surface area (Å²) in [7, 11) is 0. The van der Waals surface area contributed by atoms with Crippen LogP contribution in [-0.2, 0) is 11.3 Å². The summed E-state index contributed by atoms with van der Waals surface area (Å²) in [4.78, 5) is 19.1. The molecule has 1 amide bonds. The Kier molecular flexibility index (Phi) is 4.80. The Morgan fingerprint density at radius 3 is 2.96 bits per heavy atom. The number of amides is 1. The largest absolute Gasteiger partial charge is 0.342 e. The molecular formula is C19H23N5OS. The number of hydrogen-bond acceptors (Lipinski definition) is 5. The predicted octanol–water partition coefficient (Wildman–Crippen LogP) is 3.35. The van der Waals surface area contributed by atoms with E-state index in [0.717, 1.165) is 48.1 Å². The number of aryl methyl sites for hydroxylation is 1. The van der Waals surface area contributed by atoms with E-state index in [1.54, 1.807) is 0 Å². The fourth-order valence-electron chi connectivity index (χ4n) is 3.70. The third-order valence-electron chi connectivity index (χ3n) is 5.01. The van der Waals surface area contributed by atoms with Gasteiger partial charge in [0.25, 0.3) is 0 Å². The fourth-order valence-corrected chi connectivity index (χ4v) is 4.39. The average Bonchev–Trinajstić information content (AvgIpc) is 2.99. The number of carbonyl (C=O) groups is 1. The second-order valence-corrected chi connectivity index (χ2v) is 7.85. The molecule has 0 saturated carbocycles. The number of aromatic nitrogens is 4. The number of carbonyl (C=O) groups excluding carboxylic acids is 1. The van der Waals surface area contributed by atoms with Gasteiger partial charge in [0.2, 0.25) is 11.1 Å². The zero-order valence-electron chi connectivity index (χ0n) is 15.2. The minimum Gasteiger partial charge on any atom is -0.342 e. The zero-order valence-corrected chi connectivity index (χ0v) is 16.0. The number of rotatable bonds is 4. The highest BCUT2D eigenvalue weighted by molar-refractivity contribution is 7.99. The van der Waals surface area contributed by atoms with Gasteiger partial charge in [-0.2, -0.15) is 0 Å². The number of hydrogen-bond donors (Lipinski definition) is 0. The smallest absolute Gasteiger partial charge is 0.233 e. The second kappa shape index (κ2) is 7.23. The van der Waals surface area contributed by atoms with E-state index in [2.05, 4.69) is 34.7 Å². The molecule has 1 aromatic carbocycles. The van der Waals surface area contributed by atoms with Crippen molar-refractivity contribution in [3.05, 3.63) is 24.3 Å². The molecule has 26 heavy (non-hydrogen) atoms. The Bertz CT molecular complexity index is 954. The maximum Gasteiger partial charge on any atom is 0.233 e. The van der Waals surface area contributed by atoms with Crippen LogP contribution in [0.2, 0.25) is 0 Å². The highest BCUT2D eigenvalue weighted by atomic mass is 32.2. The Labute approximate surface area is 157 Å². The van der Waals surface area contributed by atoms with Crippen molar-refractivity contribution in [3.63, 3.8) is 0 Å². The summed E-state index contributed by atoms with van der Waals surface area (Å²) < 4.78 is 2.15. The van der Waals surface area contributed by atoms with Gasteiger partial charge in [-0.1, -0.05) is 36.9 Å². The van der Waals surface area contributed by atoms with Crippen molar-refractivity contribution in [2.24, 2.45) is 5.92 Å². The van der Waals surface area contributed by atoms with Gasteiger partial charge >= 0.3 is 0 Å². The molecule has 1 aliphatic heterocycles. The normalized spacial score (nSPS) is 17.9. The number of piperidine rings is 1. The summed E-state index contributed by atoms with van der Waals surface area (Å²) in [6.45, 7) is 6.85. The van der Waals surface area contributed by atoms with E-state index in [0.29, 0.717) is 16.8 Å². The third kappa shape index (κ3) is 3.16. The maximum absolute atomic E-state index is 12.5. The van der Waals surface area contributed by atoms with Crippen LogP contribution >= 0.6 is 11.8 Å². The first kappa shape index (κ1) is 17.3. The van der Waals surface area contributed by atoms with Gasteiger partial charge in [0.15, 0.2) is 5.65 Å². The lowest BCUT2D eigenvalue weighted by atomic mass is 10.0. The molecule has 0 unspecified atom stereocenters. The molecule has 7 heteroatoms. The SMILES string of the molecule is CCn1c2ccccc2c2nnc(SCC(=O)N3CCC[C@@H](C)C3)nc21. The van der Waals surface area contributed by atoms with Gasteiger partial charge in [-0.15, -0.1) is 10.2 Å². The summed E-state index contributed by atoms with van der Waals surface area (Å²) in [5.74, 6) is 1.13. The van der Waals surface area contributed by atoms with Crippen LogP contribution in [0.15, 0.2) is 29.4 Å². The maximum atomic E-state index is 12.5. The van der Waals surface area contributed by atoms with Crippen molar-refractivity contribution in [1.29, 1.82) is 0 Å². The number of benzene rings is 1. The zero-order chi connectivity index (χ0) is 18.1. The van der Waals surface area contributed by atoms with Gasteiger partial charge in [-0.05, 0) is 31.7 Å². The van der Waals surface area contributed by atoms with Crippen LogP contribution in [0.1, 0.15) is 26.7 Å². The first-order valence-electron chi connectivity index (χ1n) is 9.19. The van der Waals surface area contributed by atoms with Crippen LogP contribution in [0, 0.1) is 5.92 Å². The Morgan fingerprint density at radius 1 is 1.31 bits per heavy atom. The van der Waals surface area contributed by atoms with Crippen LogP contribution in [0.25, 0.3) is 22.1 Å². The number of likely N-dealkylation sites (tertiary alicyclic amines) is 1. The topological polar surface area (TPSA) is 63.9 Å². The molecule has 1 aliphatic rings. The van der Waals surface area contributed by atoms with Gasteiger partial charge < -0.3 is 9.47 Å². The summed E-state index contributed by atoms with van der Waals surface area (Å²) in [5, 5.41) is 10.3. The molecule has 2 aromatic heterocycles. The lowest BCUT2D eigenvalue weighted by molar-refractivity contribution is -0.130. The molecule has 0 bridgehead atoms. The average molecular weight is 369 g/mol. The fraction of sp³-hybridized carbons (Fsp3) is 0.474. The molecule has 0 aliphatic carbocycles. The molecule has 0 spiro atoms. The van der Waals surface area contributed by atoms with E-state index in [4.69, 9.17) is 4.98 Å². The van der Waals surface area contributed by atoms with Gasteiger partial charge in [-0.25, -0.2) is 4.98 Å². The van der Waals surface area contributed by atoms with E-state index < -0.39 is 0 Å². The molecule has 1 saturated heterocycles. The minimum atomic E-state index is 0.168. The molecule has 136 valence electrons. The van der Waals surface area contributed by atoms with Gasteiger partial charge in [-0.3, -0.25) is 4.79 Å². The summed E-state index contributed by atoms with van der Waals surface area (Å²) in [6.07, 6.45) is 2.31. The first-order valence-corrected chi connectivity index (χ1v) is 10.2. The van der Waals surface area contributed by atoms with Crippen LogP contribution in [0.5, 0.6) is 0 Å². The first-order chi connectivity index (χ1) is 12.7. The van der Waals surface area contributed by atoms with Crippen molar-refractivity contribution in [1.82, 2.24) is 24.6 Å². The van der Waals surface area contributed by atoms with Crippen molar-refractivity contribution < 1.29 is 4.79 Å². The third-order valence-corrected chi connectivity index (χ3v) is 5.83. The van der Waals surface area contributed by atoms with Crippen molar-refractivity contribution in [2.45, 2.75) is 38.4 Å². The molecule has 3 heterocycles. The van der Waals surface area contributed by atoms with Gasteiger partial charge in [0, 0.05) is 25.0 Å². The molecule has 1 fully saturated rings. The number of nitrogens with zero attached hydrogens (tertiary/aromatic N) is 5. The van der Waals surface area contributed by atoms with E-state index in [-0.39, 0.29) is 5.91 Å². The monoisotopic (exact) mass is 369 g/mol. The van der Waals surface area contributed by atoms with Crippen LogP contribution in [0.4, 0.5) is 0 Å². The predicted molar refractivity (Wildman–Crippen MR) is 104 cm³/mol. The molecule has 0 radical (unpaired) electrons. The second-order valence-electron chi connectivity index (χ2n) is 6.90. The number of fused-ring (bicyclic) bond motifs is 3. The van der Waals surface area contributed by atoms with Gasteiger partial charge in [0.05, 0.1) is 11.3 Å². The summed E-state index contributed by atoms with van der Waals surface area (Å²) in [5.41, 5.74) is 2.78. The van der Waals surface area contributed by atoms with E-state index >= 15 is 0 Å². The number of para-hydroxylation sites is 1. The van der Waals surface area contributed by atoms with Crippen molar-refractivity contribution in [2.75, 3.05) is 18.8 Å². The summed E-state index contributed by atoms with van der Waals surface area (Å²) in [6, 6.07) is 8.16.